The molecule has 0 spiro atoms. The van der Waals surface area contributed by atoms with E-state index in [0.29, 0.717) is 11.5 Å². The number of nitrogens with two attached hydrogens (primary N) is 1. The Labute approximate surface area is 92.8 Å². The van der Waals surface area contributed by atoms with Gasteiger partial charge in [0.1, 0.15) is 0 Å². The molecular formula is C12H13N3O. The smallest absolute Gasteiger partial charge is 0.248 e. The van der Waals surface area contributed by atoms with E-state index in [4.69, 9.17) is 5.73 Å². The summed E-state index contributed by atoms with van der Waals surface area (Å²) < 4.78 is 0. The number of hydrogen-bond acceptors (Lipinski definition) is 3. The molecule has 16 heavy (non-hydrogen) atoms. The van der Waals surface area contributed by atoms with E-state index >= 15 is 0 Å². The van der Waals surface area contributed by atoms with Gasteiger partial charge >= 0.3 is 0 Å². The highest BCUT2D eigenvalue weighted by molar-refractivity contribution is 5.92. The first kappa shape index (κ1) is 9.42. The fourth-order valence-corrected chi connectivity index (χ4v) is 2.36. The summed E-state index contributed by atoms with van der Waals surface area (Å²) in [5, 5.41) is 2.27. The van der Waals surface area contributed by atoms with Crippen LogP contribution in [-0.4, -0.2) is 12.5 Å². The van der Waals surface area contributed by atoms with Gasteiger partial charge < -0.3 is 11.2 Å². The van der Waals surface area contributed by atoms with Crippen molar-refractivity contribution in [2.24, 2.45) is 11.7 Å². The number of nitrogens with one attached hydrogen (secondary N) is 2. The van der Waals surface area contributed by atoms with Gasteiger partial charge in [-0.2, -0.15) is 0 Å². The van der Waals surface area contributed by atoms with E-state index < -0.39 is 0 Å². The van der Waals surface area contributed by atoms with Gasteiger partial charge in [-0.25, -0.2) is 5.43 Å². The predicted molar refractivity (Wildman–Crippen MR) is 61.3 cm³/mol. The maximum absolute atomic E-state index is 11.1. The second-order valence-electron chi connectivity index (χ2n) is 4.22. The number of benzene rings is 1. The molecule has 4 N–H and O–H groups in total. The van der Waals surface area contributed by atoms with Crippen LogP contribution in [0.3, 0.4) is 0 Å². The second-order valence-corrected chi connectivity index (χ2v) is 4.22. The highest BCUT2D eigenvalue weighted by Gasteiger charge is 2.22. The molecule has 1 aliphatic heterocycles. The third-order valence-corrected chi connectivity index (χ3v) is 3.23. The lowest BCUT2D eigenvalue weighted by atomic mass is 9.94. The Morgan fingerprint density at radius 1 is 1.44 bits per heavy atom. The average molecular weight is 215 g/mol. The molecule has 1 atom stereocenters. The van der Waals surface area contributed by atoms with Crippen LogP contribution in [0.25, 0.3) is 11.8 Å². The maximum atomic E-state index is 11.1. The molecule has 82 valence electrons. The van der Waals surface area contributed by atoms with Crippen molar-refractivity contribution in [3.63, 3.8) is 0 Å². The summed E-state index contributed by atoms with van der Waals surface area (Å²) in [6, 6.07) is 5.61. The molecule has 2 aliphatic rings. The molecule has 4 heteroatoms. The molecule has 1 aliphatic carbocycles. The van der Waals surface area contributed by atoms with Crippen LogP contribution < -0.4 is 27.0 Å². The van der Waals surface area contributed by atoms with Crippen LogP contribution >= 0.6 is 0 Å². The number of carbonyl (C=O) groups excluding carboxylic acids is 1. The molecule has 1 saturated heterocycles. The Kier molecular flexibility index (Phi) is 1.97. The number of rotatable bonds is 1. The predicted octanol–water partition coefficient (Wildman–Crippen LogP) is -1.20. The molecule has 1 aromatic rings. The van der Waals surface area contributed by atoms with Crippen molar-refractivity contribution < 1.29 is 4.79 Å². The monoisotopic (exact) mass is 215 g/mol. The summed E-state index contributed by atoms with van der Waals surface area (Å²) in [6.07, 6.45) is 3.18. The Hall–Kier alpha value is -1.81. The van der Waals surface area contributed by atoms with E-state index in [2.05, 4.69) is 16.9 Å². The van der Waals surface area contributed by atoms with Gasteiger partial charge in [0.2, 0.25) is 5.91 Å². The molecule has 1 aromatic carbocycles. The van der Waals surface area contributed by atoms with Crippen LogP contribution in [0.2, 0.25) is 0 Å². The minimum Gasteiger partial charge on any atom is -0.366 e. The normalized spacial score (nSPS) is 21.8. The second kappa shape index (κ2) is 3.35. The highest BCUT2D eigenvalue weighted by atomic mass is 16.1. The lowest BCUT2D eigenvalue weighted by molar-refractivity contribution is 0.1000. The van der Waals surface area contributed by atoms with E-state index in [9.17, 15) is 4.79 Å². The van der Waals surface area contributed by atoms with Gasteiger partial charge in [0.25, 0.3) is 0 Å². The fraction of sp³-hybridized carbons (Fsp3) is 0.250. The average Bonchev–Trinajstić information content (AvgIpc) is 2.76. The van der Waals surface area contributed by atoms with Crippen molar-refractivity contribution in [1.82, 2.24) is 10.9 Å². The summed E-state index contributed by atoms with van der Waals surface area (Å²) >= 11 is 0. The molecule has 1 unspecified atom stereocenters. The zero-order chi connectivity index (χ0) is 11.1. The summed E-state index contributed by atoms with van der Waals surface area (Å²) in [5.41, 5.74) is 13.4. The number of primary amides is 1. The van der Waals surface area contributed by atoms with Gasteiger partial charge in [-0.1, -0.05) is 12.1 Å². The zero-order valence-electron chi connectivity index (χ0n) is 8.79. The van der Waals surface area contributed by atoms with E-state index in [1.807, 2.05) is 12.1 Å². The molecule has 0 bridgehead atoms. The van der Waals surface area contributed by atoms with Crippen molar-refractivity contribution in [3.05, 3.63) is 34.2 Å². The van der Waals surface area contributed by atoms with Gasteiger partial charge in [0.05, 0.1) is 0 Å². The third kappa shape index (κ3) is 1.31. The first-order valence-electron chi connectivity index (χ1n) is 5.39. The van der Waals surface area contributed by atoms with E-state index in [0.717, 1.165) is 18.2 Å². The molecule has 1 heterocycles. The highest BCUT2D eigenvalue weighted by Crippen LogP contribution is 2.17. The third-order valence-electron chi connectivity index (χ3n) is 3.23. The molecule has 4 nitrogen and oxygen atoms in total. The molecular weight excluding hydrogens is 202 g/mol. The van der Waals surface area contributed by atoms with Crippen molar-refractivity contribution >= 4 is 17.7 Å². The first-order valence-corrected chi connectivity index (χ1v) is 5.39. The topological polar surface area (TPSA) is 67.2 Å². The van der Waals surface area contributed by atoms with Gasteiger partial charge in [0.15, 0.2) is 0 Å². The van der Waals surface area contributed by atoms with Crippen molar-refractivity contribution in [2.75, 3.05) is 6.54 Å². The summed E-state index contributed by atoms with van der Waals surface area (Å²) in [7, 11) is 0. The van der Waals surface area contributed by atoms with E-state index in [-0.39, 0.29) is 5.91 Å². The Balaban J connectivity index is 2.26. The quantitative estimate of drug-likeness (QED) is 0.551. The molecule has 0 aromatic heterocycles. The molecule has 3 rings (SSSR count). The lowest BCUT2D eigenvalue weighted by Gasteiger charge is -2.12. The summed E-state index contributed by atoms with van der Waals surface area (Å²) in [4.78, 5) is 11.1. The van der Waals surface area contributed by atoms with E-state index in [1.54, 1.807) is 6.07 Å². The minimum absolute atomic E-state index is 0.374. The lowest BCUT2D eigenvalue weighted by Crippen LogP contribution is -2.36. The molecule has 0 radical (unpaired) electrons. The molecule has 0 saturated carbocycles. The summed E-state index contributed by atoms with van der Waals surface area (Å²) in [6.45, 7) is 0.961. The van der Waals surface area contributed by atoms with Crippen LogP contribution in [0.1, 0.15) is 16.8 Å². The zero-order valence-corrected chi connectivity index (χ0v) is 8.79. The number of carbonyl (C=O) groups is 1. The number of fused-ring (bicyclic) bond motifs is 2. The largest absolute Gasteiger partial charge is 0.366 e. The Bertz CT molecular complexity index is 576. The fourth-order valence-electron chi connectivity index (χ4n) is 2.36. The van der Waals surface area contributed by atoms with Crippen LogP contribution in [0.5, 0.6) is 0 Å². The minimum atomic E-state index is -0.374. The van der Waals surface area contributed by atoms with Crippen LogP contribution in [-0.2, 0) is 0 Å². The van der Waals surface area contributed by atoms with Gasteiger partial charge in [-0.3, -0.25) is 4.79 Å². The number of hydrogen-bond donors (Lipinski definition) is 3. The van der Waals surface area contributed by atoms with E-state index in [1.165, 1.54) is 10.9 Å². The van der Waals surface area contributed by atoms with Crippen LogP contribution in [0, 0.1) is 5.92 Å². The van der Waals surface area contributed by atoms with Crippen molar-refractivity contribution in [2.45, 2.75) is 6.42 Å². The van der Waals surface area contributed by atoms with Gasteiger partial charge in [-0.15, -0.1) is 0 Å². The molecule has 1 amide bonds. The van der Waals surface area contributed by atoms with Crippen LogP contribution in [0.15, 0.2) is 18.2 Å². The van der Waals surface area contributed by atoms with Crippen molar-refractivity contribution in [3.8, 4) is 0 Å². The number of hydrazine groups is 1. The standard InChI is InChI=1S/C12H13N3O/c13-12(16)8-3-4-10-7(5-8)1-2-9-6-14-15-11(9)10/h1,3-5,9,14-15H,2,6H2,(H2,13,16). The van der Waals surface area contributed by atoms with Gasteiger partial charge in [-0.05, 0) is 23.8 Å². The Morgan fingerprint density at radius 2 is 2.31 bits per heavy atom. The first-order chi connectivity index (χ1) is 7.75. The number of amides is 1. The molecule has 1 fully saturated rings. The van der Waals surface area contributed by atoms with Crippen LogP contribution in [0.4, 0.5) is 0 Å². The van der Waals surface area contributed by atoms with Crippen molar-refractivity contribution in [1.29, 1.82) is 0 Å². The maximum Gasteiger partial charge on any atom is 0.248 e. The SMILES string of the molecule is NC(=O)c1ccc2c(c1)=CCC1CNNC=21. The van der Waals surface area contributed by atoms with Gasteiger partial charge in [0, 0.05) is 28.9 Å². The summed E-state index contributed by atoms with van der Waals surface area (Å²) in [5.74, 6) is 0.160. The Morgan fingerprint density at radius 3 is 3.12 bits per heavy atom.